The Bertz CT molecular complexity index is 399. The third-order valence-electron chi connectivity index (χ3n) is 8.40. The molecule has 2 nitrogen and oxygen atoms in total. The van der Waals surface area contributed by atoms with Gasteiger partial charge in [-0.2, -0.15) is 0 Å². The van der Waals surface area contributed by atoms with Gasteiger partial charge in [0.15, 0.2) is 0 Å². The minimum absolute atomic E-state index is 0.743. The van der Waals surface area contributed by atoms with Crippen LogP contribution in [0.4, 0.5) is 0 Å². The van der Waals surface area contributed by atoms with Crippen LogP contribution in [-0.2, 0) is 4.52 Å². The van der Waals surface area contributed by atoms with E-state index in [9.17, 15) is 4.89 Å². The molecule has 0 radical (unpaired) electrons. The van der Waals surface area contributed by atoms with Gasteiger partial charge in [0.05, 0.1) is 6.61 Å². The molecule has 1 unspecified atom stereocenters. The third-order valence-corrected chi connectivity index (χ3v) is 11.0. The summed E-state index contributed by atoms with van der Waals surface area (Å²) in [5, 5.41) is 0. The molecule has 0 spiro atoms. The van der Waals surface area contributed by atoms with Crippen molar-refractivity contribution < 1.29 is 9.42 Å². The van der Waals surface area contributed by atoms with E-state index in [1.165, 1.54) is 199 Å². The van der Waals surface area contributed by atoms with Crippen LogP contribution in [0.1, 0.15) is 219 Å². The van der Waals surface area contributed by atoms with Gasteiger partial charge in [0.1, 0.15) is 0 Å². The highest BCUT2D eigenvalue weighted by atomic mass is 32.7. The SMILES string of the molecule is CCCCCCCCCCCCCCCCCCOP(O)SCCCCCCCCCCCCCCCCCC. The molecule has 1 atom stereocenters. The Hall–Kier alpha value is 0.700. The normalized spacial score (nSPS) is 12.4. The lowest BCUT2D eigenvalue weighted by molar-refractivity contribution is 0.309. The minimum Gasteiger partial charge on any atom is -0.342 e. The summed E-state index contributed by atoms with van der Waals surface area (Å²) in [5.41, 5.74) is 0. The largest absolute Gasteiger partial charge is 0.342 e. The molecule has 0 amide bonds. The summed E-state index contributed by atoms with van der Waals surface area (Å²) in [5.74, 6) is 1.06. The number of hydrogen-bond donors (Lipinski definition) is 1. The molecule has 0 aliphatic heterocycles. The van der Waals surface area contributed by atoms with Crippen LogP contribution in [0, 0.1) is 0 Å². The van der Waals surface area contributed by atoms with Crippen LogP contribution in [0.2, 0.25) is 0 Å². The molecule has 0 saturated carbocycles. The van der Waals surface area contributed by atoms with Crippen molar-refractivity contribution in [2.75, 3.05) is 12.4 Å². The molecule has 242 valence electrons. The zero-order valence-corrected chi connectivity index (χ0v) is 29.5. The van der Waals surface area contributed by atoms with Gasteiger partial charge in [-0.25, -0.2) is 0 Å². The standard InChI is InChI=1S/C36H75O2PS/c1-3-5-7-9-11-13-15-17-19-21-23-25-27-29-31-33-35-38-39(37)40-36-34-32-30-28-26-24-22-20-18-16-14-12-10-8-6-4-2/h37H,3-36H2,1-2H3. The lowest BCUT2D eigenvalue weighted by Gasteiger charge is -2.10. The molecule has 0 bridgehead atoms. The molecule has 40 heavy (non-hydrogen) atoms. The molecule has 1 N–H and O–H groups in total. The first-order valence-corrected chi connectivity index (χ1v) is 21.4. The summed E-state index contributed by atoms with van der Waals surface area (Å²) < 4.78 is 5.67. The summed E-state index contributed by atoms with van der Waals surface area (Å²) in [4.78, 5) is 10.1. The van der Waals surface area contributed by atoms with Gasteiger partial charge in [-0.1, -0.05) is 218 Å². The van der Waals surface area contributed by atoms with Crippen LogP contribution in [0.15, 0.2) is 0 Å². The number of hydrogen-bond acceptors (Lipinski definition) is 3. The molecule has 0 fully saturated rings. The van der Waals surface area contributed by atoms with Gasteiger partial charge in [-0.3, -0.25) is 0 Å². The topological polar surface area (TPSA) is 29.5 Å². The molecule has 0 saturated heterocycles. The summed E-state index contributed by atoms with van der Waals surface area (Å²) in [6, 6.07) is 0. The van der Waals surface area contributed by atoms with Crippen molar-refractivity contribution >= 4 is 19.0 Å². The van der Waals surface area contributed by atoms with Crippen LogP contribution in [0.25, 0.3) is 0 Å². The maximum absolute atomic E-state index is 10.1. The van der Waals surface area contributed by atoms with Gasteiger partial charge in [-0.15, -0.1) is 0 Å². The van der Waals surface area contributed by atoms with Gasteiger partial charge in [0.25, 0.3) is 0 Å². The van der Waals surface area contributed by atoms with Crippen LogP contribution >= 0.6 is 19.0 Å². The van der Waals surface area contributed by atoms with Gasteiger partial charge >= 0.3 is 0 Å². The van der Waals surface area contributed by atoms with Crippen LogP contribution < -0.4 is 0 Å². The molecule has 0 heterocycles. The zero-order chi connectivity index (χ0) is 29.0. The lowest BCUT2D eigenvalue weighted by Crippen LogP contribution is -1.90. The van der Waals surface area contributed by atoms with Crippen molar-refractivity contribution in [1.29, 1.82) is 0 Å². The van der Waals surface area contributed by atoms with E-state index >= 15 is 0 Å². The maximum atomic E-state index is 10.1. The highest BCUT2D eigenvalue weighted by molar-refractivity contribution is 8.52. The van der Waals surface area contributed by atoms with E-state index < -0.39 is 7.58 Å². The van der Waals surface area contributed by atoms with Gasteiger partial charge in [-0.05, 0) is 12.8 Å². The average molecular weight is 603 g/mol. The molecule has 0 aliphatic carbocycles. The Balaban J connectivity index is 3.13. The van der Waals surface area contributed by atoms with E-state index in [4.69, 9.17) is 4.52 Å². The molecular weight excluding hydrogens is 527 g/mol. The Labute approximate surface area is 259 Å². The Morgan fingerprint density at radius 3 is 0.925 bits per heavy atom. The third kappa shape index (κ3) is 36.7. The first kappa shape index (κ1) is 40.7. The molecule has 0 aliphatic rings. The molecule has 0 rings (SSSR count). The van der Waals surface area contributed by atoms with E-state index in [-0.39, 0.29) is 0 Å². The molecular formula is C36H75O2PS. The van der Waals surface area contributed by atoms with Crippen molar-refractivity contribution in [3.8, 4) is 0 Å². The van der Waals surface area contributed by atoms with Crippen molar-refractivity contribution in [1.82, 2.24) is 0 Å². The predicted molar refractivity (Wildman–Crippen MR) is 187 cm³/mol. The fraction of sp³-hybridized carbons (Fsp3) is 1.00. The van der Waals surface area contributed by atoms with Crippen LogP contribution in [0.3, 0.4) is 0 Å². The fourth-order valence-electron chi connectivity index (χ4n) is 5.62. The van der Waals surface area contributed by atoms with Crippen LogP contribution in [0.5, 0.6) is 0 Å². The fourth-order valence-corrected chi connectivity index (χ4v) is 7.78. The first-order chi connectivity index (χ1) is 19.8. The summed E-state index contributed by atoms with van der Waals surface area (Å²) >= 11 is 1.65. The first-order valence-electron chi connectivity index (χ1n) is 18.6. The molecule has 4 heteroatoms. The van der Waals surface area contributed by atoms with E-state index in [1.54, 1.807) is 11.4 Å². The van der Waals surface area contributed by atoms with Gasteiger partial charge in [0.2, 0.25) is 7.58 Å². The summed E-state index contributed by atoms with van der Waals surface area (Å²) in [6.45, 7) is 5.33. The highest BCUT2D eigenvalue weighted by Gasteiger charge is 2.05. The lowest BCUT2D eigenvalue weighted by atomic mass is 10.0. The Morgan fingerprint density at radius 1 is 0.375 bits per heavy atom. The van der Waals surface area contributed by atoms with Crippen molar-refractivity contribution in [3.63, 3.8) is 0 Å². The minimum atomic E-state index is -1.25. The zero-order valence-electron chi connectivity index (χ0n) is 27.8. The second-order valence-corrected chi connectivity index (χ2v) is 15.6. The highest BCUT2D eigenvalue weighted by Crippen LogP contribution is 2.47. The number of rotatable bonds is 36. The van der Waals surface area contributed by atoms with Crippen molar-refractivity contribution in [3.05, 3.63) is 0 Å². The van der Waals surface area contributed by atoms with E-state index in [1.807, 2.05) is 0 Å². The second-order valence-electron chi connectivity index (χ2n) is 12.5. The van der Waals surface area contributed by atoms with E-state index in [0.29, 0.717) is 0 Å². The maximum Gasteiger partial charge on any atom is 0.235 e. The van der Waals surface area contributed by atoms with Gasteiger partial charge in [0, 0.05) is 5.75 Å². The molecule has 0 aromatic rings. The van der Waals surface area contributed by atoms with Crippen molar-refractivity contribution in [2.45, 2.75) is 219 Å². The Kier molecular flexibility index (Phi) is 38.4. The van der Waals surface area contributed by atoms with Crippen LogP contribution in [-0.4, -0.2) is 17.3 Å². The average Bonchev–Trinajstić information content (AvgIpc) is 2.96. The van der Waals surface area contributed by atoms with E-state index in [2.05, 4.69) is 13.8 Å². The second kappa shape index (κ2) is 37.7. The van der Waals surface area contributed by atoms with Gasteiger partial charge < -0.3 is 9.42 Å². The summed E-state index contributed by atoms with van der Waals surface area (Å²) in [7, 11) is -1.25. The predicted octanol–water partition coefficient (Wildman–Crippen LogP) is 14.5. The quantitative estimate of drug-likeness (QED) is 0.0571. The van der Waals surface area contributed by atoms with E-state index in [0.717, 1.165) is 18.8 Å². The monoisotopic (exact) mass is 603 g/mol. The smallest absolute Gasteiger partial charge is 0.235 e. The summed E-state index contributed by atoms with van der Waals surface area (Å²) in [6.07, 6.45) is 44.8. The molecule has 0 aromatic heterocycles. The number of unbranched alkanes of at least 4 members (excludes halogenated alkanes) is 30. The van der Waals surface area contributed by atoms with Crippen molar-refractivity contribution in [2.24, 2.45) is 0 Å². The Morgan fingerprint density at radius 2 is 0.625 bits per heavy atom. The molecule has 0 aromatic carbocycles.